The van der Waals surface area contributed by atoms with Gasteiger partial charge in [-0.3, -0.25) is 9.59 Å². The SMILES string of the molecule is O=C(Cn1nc(-c2ccc(F)cc2)ccc1=O)NCc1nc2ccccc2[nH]1. The molecule has 0 atom stereocenters. The fourth-order valence-corrected chi connectivity index (χ4v) is 2.80. The van der Waals surface area contributed by atoms with Crippen LogP contribution in [-0.4, -0.2) is 25.7 Å². The van der Waals surface area contributed by atoms with Crippen molar-refractivity contribution in [2.45, 2.75) is 13.1 Å². The lowest BCUT2D eigenvalue weighted by Crippen LogP contribution is -2.33. The number of nitrogens with one attached hydrogen (secondary N) is 2. The van der Waals surface area contributed by atoms with Gasteiger partial charge in [0.25, 0.3) is 5.56 Å². The molecular formula is C20H16FN5O2. The highest BCUT2D eigenvalue weighted by Gasteiger charge is 2.09. The Labute approximate surface area is 158 Å². The van der Waals surface area contributed by atoms with Gasteiger partial charge in [-0.1, -0.05) is 12.1 Å². The first-order chi connectivity index (χ1) is 13.6. The first kappa shape index (κ1) is 17.6. The topological polar surface area (TPSA) is 92.7 Å². The van der Waals surface area contributed by atoms with Crippen molar-refractivity contribution in [2.75, 3.05) is 0 Å². The maximum atomic E-state index is 13.1. The van der Waals surface area contributed by atoms with Crippen molar-refractivity contribution in [2.24, 2.45) is 0 Å². The third-order valence-electron chi connectivity index (χ3n) is 4.19. The zero-order chi connectivity index (χ0) is 19.5. The zero-order valence-electron chi connectivity index (χ0n) is 14.7. The minimum atomic E-state index is -0.398. The second kappa shape index (κ2) is 7.43. The van der Waals surface area contributed by atoms with Crippen LogP contribution in [0.4, 0.5) is 4.39 Å². The number of carbonyl (C=O) groups is 1. The second-order valence-corrected chi connectivity index (χ2v) is 6.20. The van der Waals surface area contributed by atoms with Crippen molar-refractivity contribution in [3.8, 4) is 11.3 Å². The molecule has 1 amide bonds. The van der Waals surface area contributed by atoms with Gasteiger partial charge in [0, 0.05) is 11.6 Å². The van der Waals surface area contributed by atoms with Gasteiger partial charge >= 0.3 is 0 Å². The number of rotatable bonds is 5. The number of carbonyl (C=O) groups excluding carboxylic acids is 1. The van der Waals surface area contributed by atoms with E-state index in [4.69, 9.17) is 0 Å². The minimum Gasteiger partial charge on any atom is -0.347 e. The summed E-state index contributed by atoms with van der Waals surface area (Å²) in [4.78, 5) is 31.8. The van der Waals surface area contributed by atoms with Gasteiger partial charge in [-0.15, -0.1) is 0 Å². The molecule has 2 aromatic heterocycles. The number of benzene rings is 2. The van der Waals surface area contributed by atoms with Gasteiger partial charge in [0.1, 0.15) is 18.2 Å². The van der Waals surface area contributed by atoms with E-state index in [1.807, 2.05) is 24.3 Å². The van der Waals surface area contributed by atoms with Crippen LogP contribution in [-0.2, 0) is 17.9 Å². The Morgan fingerprint density at radius 1 is 1.07 bits per heavy atom. The summed E-state index contributed by atoms with van der Waals surface area (Å²) < 4.78 is 14.2. The Balaban J connectivity index is 1.45. The Kier molecular flexibility index (Phi) is 4.67. The largest absolute Gasteiger partial charge is 0.347 e. The number of imidazole rings is 1. The molecule has 2 heterocycles. The lowest BCUT2D eigenvalue weighted by molar-refractivity contribution is -0.122. The number of hydrogen-bond donors (Lipinski definition) is 2. The Morgan fingerprint density at radius 3 is 2.64 bits per heavy atom. The van der Waals surface area contributed by atoms with Crippen molar-refractivity contribution < 1.29 is 9.18 Å². The van der Waals surface area contributed by atoms with E-state index in [2.05, 4.69) is 20.4 Å². The maximum Gasteiger partial charge on any atom is 0.267 e. The van der Waals surface area contributed by atoms with Crippen molar-refractivity contribution in [3.63, 3.8) is 0 Å². The molecule has 0 bridgehead atoms. The lowest BCUT2D eigenvalue weighted by atomic mass is 10.1. The van der Waals surface area contributed by atoms with E-state index in [-0.39, 0.29) is 24.8 Å². The molecule has 7 nitrogen and oxygen atoms in total. The van der Waals surface area contributed by atoms with E-state index in [9.17, 15) is 14.0 Å². The smallest absolute Gasteiger partial charge is 0.267 e. The summed E-state index contributed by atoms with van der Waals surface area (Å²) in [6.07, 6.45) is 0. The fourth-order valence-electron chi connectivity index (χ4n) is 2.80. The molecule has 0 spiro atoms. The van der Waals surface area contributed by atoms with E-state index in [1.165, 1.54) is 18.2 Å². The number of para-hydroxylation sites is 2. The monoisotopic (exact) mass is 377 g/mol. The molecule has 4 aromatic rings. The number of aromatic nitrogens is 4. The molecule has 2 aromatic carbocycles. The Hall–Kier alpha value is -3.81. The highest BCUT2D eigenvalue weighted by atomic mass is 19.1. The number of hydrogen-bond acceptors (Lipinski definition) is 4. The summed E-state index contributed by atoms with van der Waals surface area (Å²) in [5.74, 6) is -0.108. The van der Waals surface area contributed by atoms with Crippen LogP contribution in [0.1, 0.15) is 5.82 Å². The number of nitrogens with zero attached hydrogens (tertiary/aromatic N) is 3. The highest BCUT2D eigenvalue weighted by molar-refractivity contribution is 5.76. The quantitative estimate of drug-likeness (QED) is 0.558. The molecule has 0 saturated carbocycles. The zero-order valence-corrected chi connectivity index (χ0v) is 14.7. The molecule has 140 valence electrons. The Bertz CT molecular complexity index is 1160. The van der Waals surface area contributed by atoms with Crippen LogP contribution >= 0.6 is 0 Å². The van der Waals surface area contributed by atoms with Crippen LogP contribution in [0.2, 0.25) is 0 Å². The number of halogens is 1. The molecule has 8 heteroatoms. The third kappa shape index (κ3) is 3.80. The van der Waals surface area contributed by atoms with Crippen LogP contribution in [0, 0.1) is 5.82 Å². The molecule has 0 saturated heterocycles. The second-order valence-electron chi connectivity index (χ2n) is 6.20. The number of amides is 1. The summed E-state index contributed by atoms with van der Waals surface area (Å²) in [5.41, 5.74) is 2.43. The molecule has 4 rings (SSSR count). The van der Waals surface area contributed by atoms with Gasteiger partial charge in [-0.05, 0) is 42.5 Å². The van der Waals surface area contributed by atoms with Gasteiger partial charge in [0.05, 0.1) is 23.3 Å². The molecule has 0 aliphatic rings. The van der Waals surface area contributed by atoms with Crippen LogP contribution in [0.15, 0.2) is 65.5 Å². The normalized spacial score (nSPS) is 10.9. The molecule has 0 aliphatic carbocycles. The summed E-state index contributed by atoms with van der Waals surface area (Å²) >= 11 is 0. The van der Waals surface area contributed by atoms with Crippen molar-refractivity contribution >= 4 is 16.9 Å². The third-order valence-corrected chi connectivity index (χ3v) is 4.19. The van der Waals surface area contributed by atoms with Crippen molar-refractivity contribution in [3.05, 3.63) is 82.7 Å². The molecule has 2 N–H and O–H groups in total. The van der Waals surface area contributed by atoms with Gasteiger partial charge in [-0.25, -0.2) is 14.1 Å². The number of H-pyrrole nitrogens is 1. The average Bonchev–Trinajstić information content (AvgIpc) is 3.12. The molecule has 0 aliphatic heterocycles. The fraction of sp³-hybridized carbons (Fsp3) is 0.100. The summed E-state index contributed by atoms with van der Waals surface area (Å²) in [7, 11) is 0. The summed E-state index contributed by atoms with van der Waals surface area (Å²) in [6.45, 7) is -0.0198. The minimum absolute atomic E-state index is 0.208. The first-order valence-electron chi connectivity index (χ1n) is 8.63. The van der Waals surface area contributed by atoms with Crippen molar-refractivity contribution in [1.82, 2.24) is 25.1 Å². The number of fused-ring (bicyclic) bond motifs is 1. The summed E-state index contributed by atoms with van der Waals surface area (Å²) in [5, 5.41) is 6.92. The van der Waals surface area contributed by atoms with E-state index in [0.717, 1.165) is 15.7 Å². The van der Waals surface area contributed by atoms with Crippen LogP contribution in [0.25, 0.3) is 22.3 Å². The molecule has 0 fully saturated rings. The van der Waals surface area contributed by atoms with E-state index >= 15 is 0 Å². The van der Waals surface area contributed by atoms with Crippen LogP contribution in [0.3, 0.4) is 0 Å². The molecular weight excluding hydrogens is 361 g/mol. The van der Waals surface area contributed by atoms with Crippen LogP contribution < -0.4 is 10.9 Å². The van der Waals surface area contributed by atoms with Gasteiger partial charge in [0.15, 0.2) is 0 Å². The summed E-state index contributed by atoms with van der Waals surface area (Å²) in [6, 6.07) is 16.2. The van der Waals surface area contributed by atoms with Gasteiger partial charge < -0.3 is 10.3 Å². The molecule has 0 radical (unpaired) electrons. The standard InChI is InChI=1S/C20H16FN5O2/c21-14-7-5-13(6-8-14)15-9-10-20(28)26(25-15)12-19(27)22-11-18-23-16-3-1-2-4-17(16)24-18/h1-10H,11-12H2,(H,22,27)(H,23,24). The molecule has 28 heavy (non-hydrogen) atoms. The van der Waals surface area contributed by atoms with E-state index in [0.29, 0.717) is 17.1 Å². The van der Waals surface area contributed by atoms with Gasteiger partial charge in [0.2, 0.25) is 5.91 Å². The van der Waals surface area contributed by atoms with E-state index in [1.54, 1.807) is 18.2 Å². The van der Waals surface area contributed by atoms with Gasteiger partial charge in [-0.2, -0.15) is 5.10 Å². The van der Waals surface area contributed by atoms with Crippen LogP contribution in [0.5, 0.6) is 0 Å². The Morgan fingerprint density at radius 2 is 1.86 bits per heavy atom. The van der Waals surface area contributed by atoms with E-state index < -0.39 is 5.56 Å². The predicted octanol–water partition coefficient (Wildman–Crippen LogP) is 2.24. The average molecular weight is 377 g/mol. The van der Waals surface area contributed by atoms with Crippen molar-refractivity contribution in [1.29, 1.82) is 0 Å². The lowest BCUT2D eigenvalue weighted by Gasteiger charge is -2.07. The first-order valence-corrected chi connectivity index (χ1v) is 8.63. The highest BCUT2D eigenvalue weighted by Crippen LogP contribution is 2.15. The number of aromatic amines is 1. The predicted molar refractivity (Wildman–Crippen MR) is 102 cm³/mol. The molecule has 0 unspecified atom stereocenters. The maximum absolute atomic E-state index is 13.1.